The standard InChI is InChI=1S/C18H25N3S2/c1-14-8-10-17(11-9-14)22-12-13-23-18-20-19-15(2)21(18)16-6-4-3-5-7-16/h8-11,16H,3-7,12-13H2,1-2H3. The first-order valence-electron chi connectivity index (χ1n) is 8.48. The van der Waals surface area contributed by atoms with Gasteiger partial charge in [0.25, 0.3) is 0 Å². The maximum absolute atomic E-state index is 4.41. The summed E-state index contributed by atoms with van der Waals surface area (Å²) in [5.41, 5.74) is 1.32. The molecule has 1 aromatic heterocycles. The molecule has 0 bridgehead atoms. The van der Waals surface area contributed by atoms with Crippen molar-refractivity contribution in [3.63, 3.8) is 0 Å². The Morgan fingerprint density at radius 1 is 0.957 bits per heavy atom. The predicted octanol–water partition coefficient (Wildman–Crippen LogP) is 5.28. The summed E-state index contributed by atoms with van der Waals surface area (Å²) in [4.78, 5) is 1.35. The second kappa shape index (κ2) is 8.25. The Morgan fingerprint density at radius 2 is 1.65 bits per heavy atom. The quantitative estimate of drug-likeness (QED) is 0.525. The van der Waals surface area contributed by atoms with Gasteiger partial charge in [-0.1, -0.05) is 48.7 Å². The van der Waals surface area contributed by atoms with Crippen LogP contribution in [0.25, 0.3) is 0 Å². The van der Waals surface area contributed by atoms with Crippen LogP contribution in [-0.2, 0) is 0 Å². The van der Waals surface area contributed by atoms with Gasteiger partial charge < -0.3 is 4.57 Å². The number of aromatic nitrogens is 3. The molecule has 1 aliphatic carbocycles. The van der Waals surface area contributed by atoms with Gasteiger partial charge in [-0.2, -0.15) is 0 Å². The maximum atomic E-state index is 4.41. The first-order chi connectivity index (χ1) is 11.2. The number of rotatable bonds is 6. The van der Waals surface area contributed by atoms with Crippen LogP contribution in [0, 0.1) is 13.8 Å². The molecule has 1 saturated carbocycles. The average molecular weight is 348 g/mol. The minimum atomic E-state index is 0.617. The molecule has 0 aliphatic heterocycles. The average Bonchev–Trinajstić information content (AvgIpc) is 2.95. The Labute approximate surface area is 147 Å². The minimum absolute atomic E-state index is 0.617. The smallest absolute Gasteiger partial charge is 0.191 e. The van der Waals surface area contributed by atoms with Crippen LogP contribution >= 0.6 is 23.5 Å². The largest absolute Gasteiger partial charge is 0.303 e. The lowest BCUT2D eigenvalue weighted by atomic mass is 9.95. The Bertz CT molecular complexity index is 616. The SMILES string of the molecule is Cc1ccc(SCCSc2nnc(C)n2C2CCCCC2)cc1. The van der Waals surface area contributed by atoms with Crippen molar-refractivity contribution in [1.82, 2.24) is 14.8 Å². The number of hydrogen-bond donors (Lipinski definition) is 0. The van der Waals surface area contributed by atoms with Crippen LogP contribution in [0.1, 0.15) is 49.5 Å². The van der Waals surface area contributed by atoms with E-state index in [2.05, 4.69) is 52.9 Å². The topological polar surface area (TPSA) is 30.7 Å². The highest BCUT2D eigenvalue weighted by molar-refractivity contribution is 8.02. The Kier molecular flexibility index (Phi) is 6.06. The van der Waals surface area contributed by atoms with E-state index in [1.807, 2.05) is 23.5 Å². The third-order valence-corrected chi connectivity index (χ3v) is 6.60. The van der Waals surface area contributed by atoms with Gasteiger partial charge in [0, 0.05) is 22.4 Å². The van der Waals surface area contributed by atoms with E-state index in [-0.39, 0.29) is 0 Å². The van der Waals surface area contributed by atoms with Crippen LogP contribution in [0.5, 0.6) is 0 Å². The lowest BCUT2D eigenvalue weighted by molar-refractivity contribution is 0.332. The van der Waals surface area contributed by atoms with E-state index in [1.54, 1.807) is 0 Å². The van der Waals surface area contributed by atoms with E-state index in [4.69, 9.17) is 0 Å². The summed E-state index contributed by atoms with van der Waals surface area (Å²) in [5, 5.41) is 9.85. The second-order valence-electron chi connectivity index (χ2n) is 6.20. The van der Waals surface area contributed by atoms with Gasteiger partial charge >= 0.3 is 0 Å². The summed E-state index contributed by atoms with van der Waals surface area (Å²) in [5.74, 6) is 3.25. The fourth-order valence-corrected chi connectivity index (χ4v) is 5.07. The van der Waals surface area contributed by atoms with E-state index in [0.717, 1.165) is 22.5 Å². The van der Waals surface area contributed by atoms with Crippen LogP contribution in [0.15, 0.2) is 34.3 Å². The van der Waals surface area contributed by atoms with Crippen LogP contribution in [0.3, 0.4) is 0 Å². The molecule has 0 spiro atoms. The van der Waals surface area contributed by atoms with Crippen molar-refractivity contribution in [1.29, 1.82) is 0 Å². The monoisotopic (exact) mass is 347 g/mol. The lowest BCUT2D eigenvalue weighted by Crippen LogP contribution is -2.15. The summed E-state index contributed by atoms with van der Waals surface area (Å²) in [6.45, 7) is 4.22. The zero-order chi connectivity index (χ0) is 16.1. The Balaban J connectivity index is 1.53. The van der Waals surface area contributed by atoms with Gasteiger partial charge in [-0.25, -0.2) is 0 Å². The minimum Gasteiger partial charge on any atom is -0.303 e. The number of aryl methyl sites for hydroxylation is 2. The van der Waals surface area contributed by atoms with Gasteiger partial charge in [0.15, 0.2) is 5.16 Å². The van der Waals surface area contributed by atoms with Crippen molar-refractivity contribution >= 4 is 23.5 Å². The van der Waals surface area contributed by atoms with Gasteiger partial charge in [0.1, 0.15) is 5.82 Å². The highest BCUT2D eigenvalue weighted by Gasteiger charge is 2.21. The summed E-state index contributed by atoms with van der Waals surface area (Å²) in [6, 6.07) is 9.39. The van der Waals surface area contributed by atoms with Gasteiger partial charge in [-0.3, -0.25) is 0 Å². The van der Waals surface area contributed by atoms with Crippen molar-refractivity contribution in [3.05, 3.63) is 35.7 Å². The van der Waals surface area contributed by atoms with E-state index in [1.165, 1.54) is 42.6 Å². The molecule has 1 aliphatic rings. The molecule has 0 radical (unpaired) electrons. The molecule has 0 amide bonds. The molecule has 0 N–H and O–H groups in total. The third kappa shape index (κ3) is 4.54. The predicted molar refractivity (Wildman–Crippen MR) is 99.5 cm³/mol. The molecule has 0 saturated heterocycles. The molecule has 2 aromatic rings. The molecule has 3 nitrogen and oxygen atoms in total. The Hall–Kier alpha value is -0.940. The number of nitrogens with zero attached hydrogens (tertiary/aromatic N) is 3. The molecule has 1 aromatic carbocycles. The molecule has 1 heterocycles. The van der Waals surface area contributed by atoms with Crippen LogP contribution in [-0.4, -0.2) is 26.3 Å². The van der Waals surface area contributed by atoms with E-state index < -0.39 is 0 Å². The van der Waals surface area contributed by atoms with E-state index >= 15 is 0 Å². The maximum Gasteiger partial charge on any atom is 0.191 e. The van der Waals surface area contributed by atoms with Gasteiger partial charge in [0.2, 0.25) is 0 Å². The second-order valence-corrected chi connectivity index (χ2v) is 8.43. The number of thioether (sulfide) groups is 2. The molecular weight excluding hydrogens is 322 g/mol. The van der Waals surface area contributed by atoms with Crippen molar-refractivity contribution in [2.45, 2.75) is 62.0 Å². The fourth-order valence-electron chi connectivity index (χ4n) is 3.13. The normalized spacial score (nSPS) is 15.9. The molecule has 0 atom stereocenters. The summed E-state index contributed by atoms with van der Waals surface area (Å²) in [6.07, 6.45) is 6.63. The number of benzene rings is 1. The molecule has 5 heteroatoms. The van der Waals surface area contributed by atoms with E-state index in [0.29, 0.717) is 6.04 Å². The highest BCUT2D eigenvalue weighted by atomic mass is 32.2. The van der Waals surface area contributed by atoms with Crippen molar-refractivity contribution < 1.29 is 0 Å². The molecule has 0 unspecified atom stereocenters. The molecule has 124 valence electrons. The molecule has 3 rings (SSSR count). The highest BCUT2D eigenvalue weighted by Crippen LogP contribution is 2.32. The van der Waals surface area contributed by atoms with E-state index in [9.17, 15) is 0 Å². The van der Waals surface area contributed by atoms with Gasteiger partial charge in [-0.15, -0.1) is 22.0 Å². The zero-order valence-corrected chi connectivity index (χ0v) is 15.6. The molecule has 23 heavy (non-hydrogen) atoms. The van der Waals surface area contributed by atoms with Gasteiger partial charge in [0.05, 0.1) is 0 Å². The lowest BCUT2D eigenvalue weighted by Gasteiger charge is -2.24. The third-order valence-electron chi connectivity index (χ3n) is 4.38. The zero-order valence-electron chi connectivity index (χ0n) is 14.0. The molecular formula is C18H25N3S2. The fraction of sp³-hybridized carbons (Fsp3) is 0.556. The Morgan fingerprint density at radius 3 is 2.39 bits per heavy atom. The number of hydrogen-bond acceptors (Lipinski definition) is 4. The van der Waals surface area contributed by atoms with Crippen molar-refractivity contribution in [2.75, 3.05) is 11.5 Å². The summed E-state index contributed by atoms with van der Waals surface area (Å²) >= 11 is 3.77. The summed E-state index contributed by atoms with van der Waals surface area (Å²) < 4.78 is 2.39. The van der Waals surface area contributed by atoms with Crippen LogP contribution < -0.4 is 0 Å². The van der Waals surface area contributed by atoms with Crippen molar-refractivity contribution in [3.8, 4) is 0 Å². The van der Waals surface area contributed by atoms with Gasteiger partial charge in [-0.05, 0) is 38.8 Å². The van der Waals surface area contributed by atoms with Crippen LogP contribution in [0.4, 0.5) is 0 Å². The van der Waals surface area contributed by atoms with Crippen molar-refractivity contribution in [2.24, 2.45) is 0 Å². The van der Waals surface area contributed by atoms with Crippen LogP contribution in [0.2, 0.25) is 0 Å². The molecule has 1 fully saturated rings. The first-order valence-corrected chi connectivity index (χ1v) is 10.4. The first kappa shape index (κ1) is 16.9. The summed E-state index contributed by atoms with van der Waals surface area (Å²) in [7, 11) is 0.